The van der Waals surface area contributed by atoms with Crippen LogP contribution in [-0.4, -0.2) is 32.3 Å². The van der Waals surface area contributed by atoms with E-state index in [0.717, 1.165) is 18.7 Å². The minimum atomic E-state index is 0.475. The van der Waals surface area contributed by atoms with E-state index in [4.69, 9.17) is 10.6 Å². The molecule has 0 bridgehead atoms. The monoisotopic (exact) mass is 251 g/mol. The summed E-state index contributed by atoms with van der Waals surface area (Å²) in [6.45, 7) is 6.06. The number of nitrogens with two attached hydrogens (primary N) is 1. The zero-order chi connectivity index (χ0) is 13.5. The third-order valence-corrected chi connectivity index (χ3v) is 3.06. The lowest BCUT2D eigenvalue weighted by atomic mass is 9.98. The Kier molecular flexibility index (Phi) is 6.12. The number of benzene rings is 1. The average molecular weight is 251 g/mol. The normalized spacial score (nSPS) is 11.3. The Bertz CT molecular complexity index is 366. The van der Waals surface area contributed by atoms with Gasteiger partial charge in [-0.15, -0.1) is 0 Å². The van der Waals surface area contributed by atoms with Crippen LogP contribution in [0.3, 0.4) is 0 Å². The van der Waals surface area contributed by atoms with Crippen molar-refractivity contribution in [3.8, 4) is 5.75 Å². The molecular weight excluding hydrogens is 226 g/mol. The summed E-state index contributed by atoms with van der Waals surface area (Å²) < 4.78 is 5.39. The number of nitrogens with one attached hydrogen (secondary N) is 1. The molecular formula is C14H25N3O. The Morgan fingerprint density at radius 3 is 2.67 bits per heavy atom. The first-order valence-electron chi connectivity index (χ1n) is 6.37. The van der Waals surface area contributed by atoms with Crippen molar-refractivity contribution in [1.82, 2.24) is 10.3 Å². The SMILES string of the molecule is COc1ccc(CCN(C)CNN)cc1C(C)C. The molecule has 0 amide bonds. The van der Waals surface area contributed by atoms with E-state index in [1.54, 1.807) is 7.11 Å². The number of nitrogens with zero attached hydrogens (tertiary/aromatic N) is 1. The zero-order valence-electron chi connectivity index (χ0n) is 11.9. The fraction of sp³-hybridized carbons (Fsp3) is 0.571. The molecule has 1 aromatic rings. The van der Waals surface area contributed by atoms with Crippen molar-refractivity contribution < 1.29 is 4.74 Å². The molecule has 0 atom stereocenters. The second-order valence-electron chi connectivity index (χ2n) is 4.92. The first-order valence-corrected chi connectivity index (χ1v) is 6.37. The lowest BCUT2D eigenvalue weighted by Crippen LogP contribution is -2.36. The standard InChI is InChI=1S/C14H25N3O/c1-11(2)13-9-12(5-6-14(13)18-4)7-8-17(3)10-16-15/h5-6,9,11,16H,7-8,10,15H2,1-4H3. The molecule has 0 heterocycles. The van der Waals surface area contributed by atoms with Gasteiger partial charge in [0.15, 0.2) is 0 Å². The van der Waals surface area contributed by atoms with Gasteiger partial charge in [0.25, 0.3) is 0 Å². The highest BCUT2D eigenvalue weighted by molar-refractivity contribution is 5.39. The van der Waals surface area contributed by atoms with E-state index in [-0.39, 0.29) is 0 Å². The number of rotatable bonds is 7. The number of hydrogen-bond donors (Lipinski definition) is 2. The van der Waals surface area contributed by atoms with E-state index in [2.05, 4.69) is 42.4 Å². The molecule has 1 aromatic carbocycles. The van der Waals surface area contributed by atoms with Gasteiger partial charge in [-0.1, -0.05) is 26.0 Å². The van der Waals surface area contributed by atoms with Crippen molar-refractivity contribution in [3.63, 3.8) is 0 Å². The molecule has 0 aliphatic heterocycles. The fourth-order valence-electron chi connectivity index (χ4n) is 1.95. The number of likely N-dealkylation sites (N-methyl/N-ethyl adjacent to an activating group) is 1. The van der Waals surface area contributed by atoms with Gasteiger partial charge in [-0.05, 0) is 36.6 Å². The molecule has 0 saturated heterocycles. The van der Waals surface area contributed by atoms with E-state index in [9.17, 15) is 0 Å². The minimum absolute atomic E-state index is 0.475. The highest BCUT2D eigenvalue weighted by atomic mass is 16.5. The van der Waals surface area contributed by atoms with Gasteiger partial charge in [-0.2, -0.15) is 0 Å². The summed E-state index contributed by atoms with van der Waals surface area (Å²) >= 11 is 0. The van der Waals surface area contributed by atoms with E-state index in [0.29, 0.717) is 12.6 Å². The lowest BCUT2D eigenvalue weighted by Gasteiger charge is -2.17. The quantitative estimate of drug-likeness (QED) is 0.440. The summed E-state index contributed by atoms with van der Waals surface area (Å²) in [5, 5.41) is 0. The zero-order valence-corrected chi connectivity index (χ0v) is 11.9. The van der Waals surface area contributed by atoms with Crippen molar-refractivity contribution in [1.29, 1.82) is 0 Å². The molecule has 1 rings (SSSR count). The lowest BCUT2D eigenvalue weighted by molar-refractivity contribution is 0.312. The van der Waals surface area contributed by atoms with Crippen molar-refractivity contribution in [2.45, 2.75) is 26.2 Å². The molecule has 0 unspecified atom stereocenters. The Balaban J connectivity index is 2.70. The molecule has 0 aliphatic carbocycles. The van der Waals surface area contributed by atoms with Crippen LogP contribution in [0.4, 0.5) is 0 Å². The van der Waals surface area contributed by atoms with E-state index >= 15 is 0 Å². The van der Waals surface area contributed by atoms with Crippen LogP contribution >= 0.6 is 0 Å². The van der Waals surface area contributed by atoms with Crippen LogP contribution in [0.2, 0.25) is 0 Å². The molecule has 4 heteroatoms. The molecule has 102 valence electrons. The predicted molar refractivity (Wildman–Crippen MR) is 75.6 cm³/mol. The second-order valence-corrected chi connectivity index (χ2v) is 4.92. The first kappa shape index (κ1) is 15.0. The van der Waals surface area contributed by atoms with Crippen molar-refractivity contribution in [2.75, 3.05) is 27.4 Å². The second kappa shape index (κ2) is 7.36. The molecule has 0 radical (unpaired) electrons. The number of hydrazine groups is 1. The van der Waals surface area contributed by atoms with Crippen LogP contribution in [0.1, 0.15) is 30.9 Å². The minimum Gasteiger partial charge on any atom is -0.496 e. The van der Waals surface area contributed by atoms with Gasteiger partial charge in [0.2, 0.25) is 0 Å². The van der Waals surface area contributed by atoms with Gasteiger partial charge >= 0.3 is 0 Å². The third-order valence-electron chi connectivity index (χ3n) is 3.06. The summed E-state index contributed by atoms with van der Waals surface area (Å²) in [5.74, 6) is 6.74. The smallest absolute Gasteiger partial charge is 0.122 e. The molecule has 0 fully saturated rings. The molecule has 0 aromatic heterocycles. The van der Waals surface area contributed by atoms with Gasteiger partial charge in [0.05, 0.1) is 13.8 Å². The van der Waals surface area contributed by atoms with E-state index < -0.39 is 0 Å². The van der Waals surface area contributed by atoms with Crippen LogP contribution < -0.4 is 16.0 Å². The van der Waals surface area contributed by atoms with Crippen LogP contribution in [0.25, 0.3) is 0 Å². The molecule has 4 nitrogen and oxygen atoms in total. The highest BCUT2D eigenvalue weighted by Gasteiger charge is 2.08. The van der Waals surface area contributed by atoms with Gasteiger partial charge in [0.1, 0.15) is 5.75 Å². The van der Waals surface area contributed by atoms with E-state index in [1.807, 2.05) is 7.05 Å². The number of ether oxygens (including phenoxy) is 1. The van der Waals surface area contributed by atoms with Crippen LogP contribution in [0, 0.1) is 0 Å². The average Bonchev–Trinajstić information content (AvgIpc) is 2.36. The summed E-state index contributed by atoms with van der Waals surface area (Å²) in [5.41, 5.74) is 5.27. The van der Waals surface area contributed by atoms with Gasteiger partial charge in [-0.3, -0.25) is 10.7 Å². The maximum Gasteiger partial charge on any atom is 0.122 e. The largest absolute Gasteiger partial charge is 0.496 e. The van der Waals surface area contributed by atoms with Gasteiger partial charge < -0.3 is 4.74 Å². The summed E-state index contributed by atoms with van der Waals surface area (Å²) in [7, 11) is 3.77. The summed E-state index contributed by atoms with van der Waals surface area (Å²) in [6, 6.07) is 6.44. The predicted octanol–water partition coefficient (Wildman–Crippen LogP) is 1.71. The molecule has 0 spiro atoms. The maximum atomic E-state index is 5.39. The Morgan fingerprint density at radius 1 is 1.39 bits per heavy atom. The third kappa shape index (κ3) is 4.29. The van der Waals surface area contributed by atoms with Crippen molar-refractivity contribution in [3.05, 3.63) is 29.3 Å². The Morgan fingerprint density at radius 2 is 2.11 bits per heavy atom. The molecule has 3 N–H and O–H groups in total. The molecule has 0 saturated carbocycles. The number of hydrogen-bond acceptors (Lipinski definition) is 4. The van der Waals surface area contributed by atoms with Crippen molar-refractivity contribution >= 4 is 0 Å². The van der Waals surface area contributed by atoms with Crippen LogP contribution in [-0.2, 0) is 6.42 Å². The Labute approximate surface area is 110 Å². The summed E-state index contributed by atoms with van der Waals surface area (Å²) in [4.78, 5) is 2.15. The number of methoxy groups -OCH3 is 1. The fourth-order valence-corrected chi connectivity index (χ4v) is 1.95. The van der Waals surface area contributed by atoms with Crippen LogP contribution in [0.5, 0.6) is 5.75 Å². The maximum absolute atomic E-state index is 5.39. The van der Waals surface area contributed by atoms with Crippen LogP contribution in [0.15, 0.2) is 18.2 Å². The highest BCUT2D eigenvalue weighted by Crippen LogP contribution is 2.27. The van der Waals surface area contributed by atoms with Crippen molar-refractivity contribution in [2.24, 2.45) is 5.84 Å². The Hall–Kier alpha value is -1.10. The topological polar surface area (TPSA) is 50.5 Å². The summed E-state index contributed by atoms with van der Waals surface area (Å²) in [6.07, 6.45) is 1.02. The van der Waals surface area contributed by atoms with E-state index in [1.165, 1.54) is 11.1 Å². The van der Waals surface area contributed by atoms with Gasteiger partial charge in [0, 0.05) is 6.54 Å². The molecule has 18 heavy (non-hydrogen) atoms. The first-order chi connectivity index (χ1) is 8.58. The molecule has 0 aliphatic rings. The van der Waals surface area contributed by atoms with Gasteiger partial charge in [-0.25, -0.2) is 5.43 Å².